The first-order valence-corrected chi connectivity index (χ1v) is 5.51. The summed E-state index contributed by atoms with van der Waals surface area (Å²) in [7, 11) is 1.66. The number of carbonyl (C=O) groups is 1. The van der Waals surface area contributed by atoms with Gasteiger partial charge < -0.3 is 4.74 Å². The van der Waals surface area contributed by atoms with E-state index >= 15 is 0 Å². The van der Waals surface area contributed by atoms with Crippen LogP contribution in [0.15, 0.2) is 18.2 Å². The maximum Gasteiger partial charge on any atom is 0.130 e. The highest BCUT2D eigenvalue weighted by Gasteiger charge is 2.26. The summed E-state index contributed by atoms with van der Waals surface area (Å²) >= 11 is 0. The van der Waals surface area contributed by atoms with Crippen molar-refractivity contribution in [2.24, 2.45) is 0 Å². The van der Waals surface area contributed by atoms with Gasteiger partial charge >= 0.3 is 0 Å². The van der Waals surface area contributed by atoms with E-state index in [-0.39, 0.29) is 11.2 Å². The van der Waals surface area contributed by atoms with Crippen LogP contribution in [-0.4, -0.2) is 12.9 Å². The largest absolute Gasteiger partial charge is 0.496 e. The SMILES string of the molecule is COc1ccc(C)cc1C(C)(C)CC(C)=O. The van der Waals surface area contributed by atoms with Crippen LogP contribution >= 0.6 is 0 Å². The van der Waals surface area contributed by atoms with Crippen LogP contribution in [0.5, 0.6) is 5.75 Å². The van der Waals surface area contributed by atoms with Crippen LogP contribution < -0.4 is 4.74 Å². The maximum absolute atomic E-state index is 11.3. The van der Waals surface area contributed by atoms with Gasteiger partial charge in [-0.1, -0.05) is 31.5 Å². The molecule has 0 unspecified atom stereocenters. The van der Waals surface area contributed by atoms with Gasteiger partial charge in [0, 0.05) is 17.4 Å². The van der Waals surface area contributed by atoms with Gasteiger partial charge in [0.1, 0.15) is 11.5 Å². The molecule has 0 heterocycles. The zero-order valence-corrected chi connectivity index (χ0v) is 10.8. The van der Waals surface area contributed by atoms with Gasteiger partial charge in [-0.3, -0.25) is 4.79 Å². The number of rotatable bonds is 4. The molecule has 0 bridgehead atoms. The average Bonchev–Trinajstić information content (AvgIpc) is 2.15. The first kappa shape index (κ1) is 12.8. The van der Waals surface area contributed by atoms with E-state index in [0.29, 0.717) is 6.42 Å². The van der Waals surface area contributed by atoms with Crippen molar-refractivity contribution in [3.05, 3.63) is 29.3 Å². The second kappa shape index (κ2) is 4.69. The first-order valence-electron chi connectivity index (χ1n) is 5.51. The molecular formula is C14H20O2. The second-order valence-corrected chi connectivity index (χ2v) is 4.97. The summed E-state index contributed by atoms with van der Waals surface area (Å²) in [5.74, 6) is 1.06. The van der Waals surface area contributed by atoms with Gasteiger partial charge in [-0.25, -0.2) is 0 Å². The third-order valence-electron chi connectivity index (χ3n) is 2.77. The molecule has 0 fully saturated rings. The molecule has 2 nitrogen and oxygen atoms in total. The Morgan fingerprint density at radius 3 is 2.50 bits per heavy atom. The lowest BCUT2D eigenvalue weighted by atomic mass is 9.79. The van der Waals surface area contributed by atoms with Gasteiger partial charge in [0.2, 0.25) is 0 Å². The van der Waals surface area contributed by atoms with Crippen molar-refractivity contribution >= 4 is 5.78 Å². The molecule has 0 N–H and O–H groups in total. The number of hydrogen-bond acceptors (Lipinski definition) is 2. The van der Waals surface area contributed by atoms with Crippen LogP contribution in [0.2, 0.25) is 0 Å². The Labute approximate surface area is 97.6 Å². The lowest BCUT2D eigenvalue weighted by Crippen LogP contribution is -2.21. The Bertz CT molecular complexity index is 392. The third kappa shape index (κ3) is 2.84. The number of Topliss-reactive ketones (excluding diaryl/α,β-unsaturated/α-hetero) is 1. The van der Waals surface area contributed by atoms with Crippen molar-refractivity contribution in [1.29, 1.82) is 0 Å². The number of ether oxygens (including phenoxy) is 1. The monoisotopic (exact) mass is 220 g/mol. The summed E-state index contributed by atoms with van der Waals surface area (Å²) in [6.07, 6.45) is 0.535. The van der Waals surface area contributed by atoms with Gasteiger partial charge in [-0.05, 0) is 19.9 Å². The minimum atomic E-state index is -0.177. The summed E-state index contributed by atoms with van der Waals surface area (Å²) < 4.78 is 5.36. The molecule has 0 saturated heterocycles. The standard InChI is InChI=1S/C14H20O2/c1-10-6-7-13(16-5)12(8-10)14(3,4)9-11(2)15/h6-8H,9H2,1-5H3. The Morgan fingerprint density at radius 1 is 1.38 bits per heavy atom. The number of methoxy groups -OCH3 is 1. The highest BCUT2D eigenvalue weighted by molar-refractivity contribution is 5.77. The minimum absolute atomic E-state index is 0.177. The predicted octanol–water partition coefficient (Wildman–Crippen LogP) is 3.26. The van der Waals surface area contributed by atoms with Gasteiger partial charge in [-0.2, -0.15) is 0 Å². The van der Waals surface area contributed by atoms with E-state index in [4.69, 9.17) is 4.74 Å². The van der Waals surface area contributed by atoms with E-state index in [1.807, 2.05) is 19.1 Å². The Balaban J connectivity index is 3.18. The van der Waals surface area contributed by atoms with Crippen molar-refractivity contribution in [2.45, 2.75) is 39.5 Å². The van der Waals surface area contributed by atoms with Crippen molar-refractivity contribution in [3.63, 3.8) is 0 Å². The van der Waals surface area contributed by atoms with Crippen molar-refractivity contribution in [1.82, 2.24) is 0 Å². The van der Waals surface area contributed by atoms with Crippen molar-refractivity contribution < 1.29 is 9.53 Å². The topological polar surface area (TPSA) is 26.3 Å². The third-order valence-corrected chi connectivity index (χ3v) is 2.77. The molecule has 0 spiro atoms. The maximum atomic E-state index is 11.3. The van der Waals surface area contributed by atoms with Crippen LogP contribution in [0.25, 0.3) is 0 Å². The van der Waals surface area contributed by atoms with Gasteiger partial charge in [0.05, 0.1) is 7.11 Å². The van der Waals surface area contributed by atoms with Crippen LogP contribution in [0.3, 0.4) is 0 Å². The summed E-state index contributed by atoms with van der Waals surface area (Å²) in [5, 5.41) is 0. The van der Waals surface area contributed by atoms with E-state index < -0.39 is 0 Å². The molecular weight excluding hydrogens is 200 g/mol. The van der Waals surface area contributed by atoms with Crippen LogP contribution in [0.1, 0.15) is 38.3 Å². The summed E-state index contributed by atoms with van der Waals surface area (Å²) in [6.45, 7) is 7.83. The van der Waals surface area contributed by atoms with Gasteiger partial charge in [0.15, 0.2) is 0 Å². The zero-order valence-electron chi connectivity index (χ0n) is 10.8. The quantitative estimate of drug-likeness (QED) is 0.778. The van der Waals surface area contributed by atoms with Gasteiger partial charge in [0.25, 0.3) is 0 Å². The van der Waals surface area contributed by atoms with Crippen molar-refractivity contribution in [2.75, 3.05) is 7.11 Å². The Hall–Kier alpha value is -1.31. The smallest absolute Gasteiger partial charge is 0.130 e. The lowest BCUT2D eigenvalue weighted by Gasteiger charge is -2.26. The summed E-state index contributed by atoms with van der Waals surface area (Å²) in [4.78, 5) is 11.3. The molecule has 88 valence electrons. The fourth-order valence-corrected chi connectivity index (χ4v) is 2.07. The van der Waals surface area contributed by atoms with Crippen LogP contribution in [0.4, 0.5) is 0 Å². The number of hydrogen-bond donors (Lipinski definition) is 0. The molecule has 0 aliphatic carbocycles. The number of ketones is 1. The molecule has 2 heteroatoms. The van der Waals surface area contributed by atoms with Crippen LogP contribution in [0, 0.1) is 6.92 Å². The number of carbonyl (C=O) groups excluding carboxylic acids is 1. The molecule has 0 aliphatic heterocycles. The Kier molecular flexibility index (Phi) is 3.74. The molecule has 1 aromatic rings. The molecule has 1 rings (SSSR count). The normalized spacial score (nSPS) is 11.3. The summed E-state index contributed by atoms with van der Waals surface area (Å²) in [5.41, 5.74) is 2.11. The van der Waals surface area contributed by atoms with Gasteiger partial charge in [-0.15, -0.1) is 0 Å². The van der Waals surface area contributed by atoms with Crippen LogP contribution in [-0.2, 0) is 10.2 Å². The van der Waals surface area contributed by atoms with Crippen molar-refractivity contribution in [3.8, 4) is 5.75 Å². The number of aryl methyl sites for hydroxylation is 1. The fourth-order valence-electron chi connectivity index (χ4n) is 2.07. The molecule has 0 aliphatic rings. The van der Waals surface area contributed by atoms with E-state index in [9.17, 15) is 4.79 Å². The van der Waals surface area contributed by atoms with E-state index in [1.54, 1.807) is 14.0 Å². The fraction of sp³-hybridized carbons (Fsp3) is 0.500. The Morgan fingerprint density at radius 2 is 2.00 bits per heavy atom. The molecule has 16 heavy (non-hydrogen) atoms. The predicted molar refractivity (Wildman–Crippen MR) is 66.1 cm³/mol. The van der Waals surface area contributed by atoms with E-state index in [0.717, 1.165) is 11.3 Å². The molecule has 0 amide bonds. The van der Waals surface area contributed by atoms with E-state index in [2.05, 4.69) is 19.9 Å². The average molecular weight is 220 g/mol. The first-order chi connectivity index (χ1) is 7.36. The lowest BCUT2D eigenvalue weighted by molar-refractivity contribution is -0.118. The summed E-state index contributed by atoms with van der Waals surface area (Å²) in [6, 6.07) is 6.08. The second-order valence-electron chi connectivity index (χ2n) is 4.97. The van der Waals surface area contributed by atoms with E-state index in [1.165, 1.54) is 5.56 Å². The zero-order chi connectivity index (χ0) is 12.3. The molecule has 1 aromatic carbocycles. The highest BCUT2D eigenvalue weighted by Crippen LogP contribution is 2.35. The highest BCUT2D eigenvalue weighted by atomic mass is 16.5. The molecule has 0 atom stereocenters. The minimum Gasteiger partial charge on any atom is -0.496 e. The molecule has 0 radical (unpaired) electrons. The molecule has 0 saturated carbocycles. The molecule has 0 aromatic heterocycles. The number of benzene rings is 1.